The Balaban J connectivity index is 2.61. The fourth-order valence-corrected chi connectivity index (χ4v) is 2.10. The van der Waals surface area contributed by atoms with Gasteiger partial charge in [0.25, 0.3) is 0 Å². The largest absolute Gasteiger partial charge is 0.469 e. The fraction of sp³-hybridized carbons (Fsp3) is 0.818. The van der Waals surface area contributed by atoms with Gasteiger partial charge in [-0.3, -0.25) is 9.59 Å². The van der Waals surface area contributed by atoms with E-state index in [2.05, 4.69) is 10.1 Å². The van der Waals surface area contributed by atoms with E-state index >= 15 is 0 Å². The standard InChI is InChI=1S/C11H19NO4/c1-15-10(13)7-9(11(14)16-2)8-3-5-12-6-4-8/h8-9,12H,3-7H2,1-2H3. The summed E-state index contributed by atoms with van der Waals surface area (Å²) < 4.78 is 9.35. The number of hydrogen-bond donors (Lipinski definition) is 1. The van der Waals surface area contributed by atoms with Crippen LogP contribution in [0.1, 0.15) is 19.3 Å². The number of piperidine rings is 1. The van der Waals surface area contributed by atoms with E-state index in [4.69, 9.17) is 4.74 Å². The topological polar surface area (TPSA) is 64.6 Å². The van der Waals surface area contributed by atoms with Crippen LogP contribution >= 0.6 is 0 Å². The molecule has 1 aliphatic rings. The Kier molecular flexibility index (Phi) is 5.25. The van der Waals surface area contributed by atoms with Gasteiger partial charge in [-0.25, -0.2) is 0 Å². The first-order valence-corrected chi connectivity index (χ1v) is 5.54. The molecule has 0 radical (unpaired) electrons. The lowest BCUT2D eigenvalue weighted by Gasteiger charge is -2.28. The number of carbonyl (C=O) groups excluding carboxylic acids is 2. The summed E-state index contributed by atoms with van der Waals surface area (Å²) in [5.41, 5.74) is 0. The Labute approximate surface area is 95.5 Å². The van der Waals surface area contributed by atoms with Crippen LogP contribution in [0.25, 0.3) is 0 Å². The van der Waals surface area contributed by atoms with Crippen molar-refractivity contribution in [3.63, 3.8) is 0 Å². The monoisotopic (exact) mass is 229 g/mol. The summed E-state index contributed by atoms with van der Waals surface area (Å²) in [5, 5.41) is 3.23. The minimum atomic E-state index is -0.362. The highest BCUT2D eigenvalue weighted by Gasteiger charge is 2.32. The molecular weight excluding hydrogens is 210 g/mol. The van der Waals surface area contributed by atoms with Crippen molar-refractivity contribution in [1.82, 2.24) is 5.32 Å². The molecule has 16 heavy (non-hydrogen) atoms. The third-order valence-corrected chi connectivity index (χ3v) is 3.07. The Hall–Kier alpha value is -1.10. The molecule has 0 aliphatic carbocycles. The predicted octanol–water partition coefficient (Wildman–Crippen LogP) is 0.338. The molecule has 0 aromatic rings. The summed E-state index contributed by atoms with van der Waals surface area (Å²) in [6.45, 7) is 1.78. The maximum atomic E-state index is 11.6. The molecule has 0 aromatic heterocycles. The summed E-state index contributed by atoms with van der Waals surface area (Å²) in [6, 6.07) is 0. The first-order valence-electron chi connectivity index (χ1n) is 5.54. The molecule has 0 saturated carbocycles. The molecule has 1 N–H and O–H groups in total. The van der Waals surface area contributed by atoms with E-state index in [0.29, 0.717) is 0 Å². The van der Waals surface area contributed by atoms with Crippen molar-refractivity contribution in [2.75, 3.05) is 27.3 Å². The molecule has 92 valence electrons. The molecule has 0 spiro atoms. The lowest BCUT2D eigenvalue weighted by molar-refractivity contribution is -0.154. The number of rotatable bonds is 4. The van der Waals surface area contributed by atoms with Crippen molar-refractivity contribution >= 4 is 11.9 Å². The maximum Gasteiger partial charge on any atom is 0.309 e. The average molecular weight is 229 g/mol. The van der Waals surface area contributed by atoms with E-state index < -0.39 is 0 Å². The molecular formula is C11H19NO4. The van der Waals surface area contributed by atoms with E-state index in [1.165, 1.54) is 14.2 Å². The zero-order valence-corrected chi connectivity index (χ0v) is 9.82. The van der Waals surface area contributed by atoms with Crippen molar-refractivity contribution in [3.8, 4) is 0 Å². The van der Waals surface area contributed by atoms with Crippen LogP contribution in [0.3, 0.4) is 0 Å². The molecule has 1 heterocycles. The van der Waals surface area contributed by atoms with Gasteiger partial charge < -0.3 is 14.8 Å². The van der Waals surface area contributed by atoms with Crippen LogP contribution in [0.4, 0.5) is 0 Å². The molecule has 1 atom stereocenters. The quantitative estimate of drug-likeness (QED) is 0.704. The minimum Gasteiger partial charge on any atom is -0.469 e. The van der Waals surface area contributed by atoms with Gasteiger partial charge >= 0.3 is 11.9 Å². The second-order valence-electron chi connectivity index (χ2n) is 4.00. The summed E-state index contributed by atoms with van der Waals surface area (Å²) in [5.74, 6) is -0.807. The fourth-order valence-electron chi connectivity index (χ4n) is 2.10. The molecule has 5 heteroatoms. The molecule has 1 unspecified atom stereocenters. The number of carbonyl (C=O) groups is 2. The van der Waals surface area contributed by atoms with Crippen LogP contribution in [-0.2, 0) is 19.1 Å². The third kappa shape index (κ3) is 3.48. The zero-order valence-electron chi connectivity index (χ0n) is 9.82. The molecule has 0 amide bonds. The number of methoxy groups -OCH3 is 2. The Morgan fingerprint density at radius 1 is 1.25 bits per heavy atom. The second kappa shape index (κ2) is 6.48. The minimum absolute atomic E-state index is 0.119. The van der Waals surface area contributed by atoms with Crippen LogP contribution in [-0.4, -0.2) is 39.2 Å². The number of ether oxygens (including phenoxy) is 2. The smallest absolute Gasteiger partial charge is 0.309 e. The number of esters is 2. The normalized spacial score (nSPS) is 18.9. The van der Waals surface area contributed by atoms with Gasteiger partial charge in [0.05, 0.1) is 26.6 Å². The molecule has 0 bridgehead atoms. The average Bonchev–Trinajstić information content (AvgIpc) is 2.35. The second-order valence-corrected chi connectivity index (χ2v) is 4.00. The lowest BCUT2D eigenvalue weighted by atomic mass is 9.83. The van der Waals surface area contributed by atoms with E-state index in [0.717, 1.165) is 25.9 Å². The van der Waals surface area contributed by atoms with Crippen LogP contribution in [0.2, 0.25) is 0 Å². The molecule has 1 saturated heterocycles. The number of hydrogen-bond acceptors (Lipinski definition) is 5. The predicted molar refractivity (Wildman–Crippen MR) is 57.7 cm³/mol. The number of nitrogens with one attached hydrogen (secondary N) is 1. The molecule has 5 nitrogen and oxygen atoms in total. The highest BCUT2D eigenvalue weighted by Crippen LogP contribution is 2.26. The van der Waals surface area contributed by atoms with Gasteiger partial charge in [0.1, 0.15) is 0 Å². The van der Waals surface area contributed by atoms with Gasteiger partial charge in [-0.05, 0) is 31.8 Å². The molecule has 1 fully saturated rings. The lowest BCUT2D eigenvalue weighted by Crippen LogP contribution is -2.36. The third-order valence-electron chi connectivity index (χ3n) is 3.07. The summed E-state index contributed by atoms with van der Waals surface area (Å²) in [6.07, 6.45) is 1.92. The maximum absolute atomic E-state index is 11.6. The summed E-state index contributed by atoms with van der Waals surface area (Å²) in [7, 11) is 2.69. The van der Waals surface area contributed by atoms with E-state index in [1.807, 2.05) is 0 Å². The van der Waals surface area contributed by atoms with E-state index in [1.54, 1.807) is 0 Å². The van der Waals surface area contributed by atoms with Gasteiger partial charge in [-0.15, -0.1) is 0 Å². The highest BCUT2D eigenvalue weighted by molar-refractivity contribution is 5.80. The van der Waals surface area contributed by atoms with Gasteiger partial charge in [0.15, 0.2) is 0 Å². The van der Waals surface area contributed by atoms with Crippen molar-refractivity contribution in [3.05, 3.63) is 0 Å². The van der Waals surface area contributed by atoms with Crippen molar-refractivity contribution in [2.45, 2.75) is 19.3 Å². The molecule has 1 rings (SSSR count). The van der Waals surface area contributed by atoms with Crippen molar-refractivity contribution in [2.24, 2.45) is 11.8 Å². The van der Waals surface area contributed by atoms with E-state index in [9.17, 15) is 9.59 Å². The van der Waals surface area contributed by atoms with Crippen LogP contribution in [0.15, 0.2) is 0 Å². The van der Waals surface area contributed by atoms with E-state index in [-0.39, 0.29) is 30.2 Å². The first kappa shape index (κ1) is 13.0. The Bertz CT molecular complexity index is 248. The summed E-state index contributed by atoms with van der Waals surface area (Å²) in [4.78, 5) is 22.9. The van der Waals surface area contributed by atoms with Gasteiger partial charge in [-0.2, -0.15) is 0 Å². The van der Waals surface area contributed by atoms with Crippen LogP contribution in [0, 0.1) is 11.8 Å². The SMILES string of the molecule is COC(=O)CC(C(=O)OC)C1CCNCC1. The summed E-state index contributed by atoms with van der Waals surface area (Å²) >= 11 is 0. The van der Waals surface area contributed by atoms with Crippen LogP contribution < -0.4 is 5.32 Å². The van der Waals surface area contributed by atoms with Gasteiger partial charge in [-0.1, -0.05) is 0 Å². The first-order chi connectivity index (χ1) is 7.69. The Morgan fingerprint density at radius 2 is 1.88 bits per heavy atom. The van der Waals surface area contributed by atoms with Crippen molar-refractivity contribution in [1.29, 1.82) is 0 Å². The van der Waals surface area contributed by atoms with Crippen molar-refractivity contribution < 1.29 is 19.1 Å². The van der Waals surface area contributed by atoms with Crippen LogP contribution in [0.5, 0.6) is 0 Å². The molecule has 1 aliphatic heterocycles. The Morgan fingerprint density at radius 3 is 2.38 bits per heavy atom. The van der Waals surface area contributed by atoms with Gasteiger partial charge in [0, 0.05) is 0 Å². The zero-order chi connectivity index (χ0) is 12.0. The highest BCUT2D eigenvalue weighted by atomic mass is 16.5. The molecule has 0 aromatic carbocycles. The van der Waals surface area contributed by atoms with Gasteiger partial charge in [0.2, 0.25) is 0 Å².